The fraction of sp³-hybridized carbons (Fsp3) is 0.458. The van der Waals surface area contributed by atoms with Crippen LogP contribution < -0.4 is 15.5 Å². The van der Waals surface area contributed by atoms with Crippen LogP contribution in [-0.4, -0.2) is 40.2 Å². The summed E-state index contributed by atoms with van der Waals surface area (Å²) < 4.78 is 0. The van der Waals surface area contributed by atoms with E-state index in [1.807, 2.05) is 24.3 Å². The third-order valence-corrected chi connectivity index (χ3v) is 5.33. The molecule has 174 valence electrons. The second-order valence-electron chi connectivity index (χ2n) is 9.24. The molecule has 3 N–H and O–H groups in total. The molecule has 1 saturated carbocycles. The number of carbonyl (C=O) groups is 2. The molecule has 0 radical (unpaired) electrons. The van der Waals surface area contributed by atoms with E-state index in [2.05, 4.69) is 53.2 Å². The number of nitriles is 1. The number of aliphatic carboxylic acids is 1. The zero-order chi connectivity index (χ0) is 24.1. The highest BCUT2D eigenvalue weighted by Gasteiger charge is 2.44. The molecule has 1 aromatic carbocycles. The Morgan fingerprint density at radius 2 is 1.79 bits per heavy atom. The zero-order valence-corrected chi connectivity index (χ0v) is 19.4. The highest BCUT2D eigenvalue weighted by atomic mass is 16.4. The first-order chi connectivity index (χ1) is 15.7. The lowest BCUT2D eigenvalue weighted by atomic mass is 10.0. The van der Waals surface area contributed by atoms with Gasteiger partial charge in [-0.1, -0.05) is 33.8 Å². The number of aromatic nitrogens is 2. The predicted octanol–water partition coefficient (Wildman–Crippen LogP) is 4.30. The van der Waals surface area contributed by atoms with Gasteiger partial charge in [0.05, 0.1) is 35.4 Å². The highest BCUT2D eigenvalue weighted by molar-refractivity contribution is 6.01. The average molecular weight is 451 g/mol. The summed E-state index contributed by atoms with van der Waals surface area (Å²) in [7, 11) is 0. The monoisotopic (exact) mass is 450 g/mol. The Balaban J connectivity index is 1.88. The molecular weight excluding hydrogens is 420 g/mol. The third-order valence-electron chi connectivity index (χ3n) is 5.33. The van der Waals surface area contributed by atoms with E-state index in [0.717, 1.165) is 24.3 Å². The molecule has 0 spiro atoms. The second kappa shape index (κ2) is 10.3. The maximum absolute atomic E-state index is 12.8. The van der Waals surface area contributed by atoms with E-state index in [1.54, 1.807) is 0 Å². The number of carbonyl (C=O) groups excluding carboxylic acids is 1. The Hall–Kier alpha value is -3.67. The molecular formula is C24H30N6O3. The van der Waals surface area contributed by atoms with Gasteiger partial charge in [0, 0.05) is 13.1 Å². The molecule has 3 rings (SSSR count). The summed E-state index contributed by atoms with van der Waals surface area (Å²) in [5, 5.41) is 23.8. The molecule has 1 aromatic heterocycles. The summed E-state index contributed by atoms with van der Waals surface area (Å²) in [4.78, 5) is 34.1. The molecule has 1 aliphatic carbocycles. The van der Waals surface area contributed by atoms with Crippen LogP contribution in [0.2, 0.25) is 0 Å². The molecule has 9 heteroatoms. The van der Waals surface area contributed by atoms with Gasteiger partial charge in [-0.2, -0.15) is 5.26 Å². The van der Waals surface area contributed by atoms with Crippen molar-refractivity contribution in [3.05, 3.63) is 42.0 Å². The molecule has 2 atom stereocenters. The van der Waals surface area contributed by atoms with E-state index in [0.29, 0.717) is 29.6 Å². The Bertz CT molecular complexity index is 1040. The van der Waals surface area contributed by atoms with Crippen molar-refractivity contribution >= 4 is 29.1 Å². The first-order valence-corrected chi connectivity index (χ1v) is 11.1. The van der Waals surface area contributed by atoms with Crippen molar-refractivity contribution in [2.45, 2.75) is 40.0 Å². The minimum atomic E-state index is -0.793. The molecule has 1 aliphatic rings. The lowest BCUT2D eigenvalue weighted by Gasteiger charge is -2.30. The number of hydrogen-bond donors (Lipinski definition) is 3. The molecule has 2 unspecified atom stereocenters. The molecule has 0 saturated heterocycles. The molecule has 33 heavy (non-hydrogen) atoms. The highest BCUT2D eigenvalue weighted by Crippen LogP contribution is 2.49. The fourth-order valence-corrected chi connectivity index (χ4v) is 3.88. The van der Waals surface area contributed by atoms with Gasteiger partial charge in [0.1, 0.15) is 6.07 Å². The summed E-state index contributed by atoms with van der Waals surface area (Å²) in [6.07, 6.45) is 3.34. The number of carboxylic acid groups (broad SMARTS) is 1. The summed E-state index contributed by atoms with van der Waals surface area (Å²) in [5.74, 6) is -0.363. The van der Waals surface area contributed by atoms with Gasteiger partial charge in [-0.05, 0) is 41.9 Å². The van der Waals surface area contributed by atoms with Crippen LogP contribution in [0.4, 0.5) is 21.9 Å². The third kappa shape index (κ3) is 6.42. The van der Waals surface area contributed by atoms with Gasteiger partial charge < -0.3 is 20.6 Å². The first kappa shape index (κ1) is 24.0. The maximum Gasteiger partial charge on any atom is 0.323 e. The molecule has 2 aromatic rings. The van der Waals surface area contributed by atoms with E-state index in [-0.39, 0.29) is 17.7 Å². The molecule has 0 bridgehead atoms. The van der Waals surface area contributed by atoms with Gasteiger partial charge in [-0.3, -0.25) is 4.79 Å². The van der Waals surface area contributed by atoms with Gasteiger partial charge in [-0.25, -0.2) is 14.8 Å². The Labute approximate surface area is 193 Å². The van der Waals surface area contributed by atoms with E-state index in [1.165, 1.54) is 12.4 Å². The van der Waals surface area contributed by atoms with Gasteiger partial charge in [0.15, 0.2) is 0 Å². The van der Waals surface area contributed by atoms with Gasteiger partial charge in [-0.15, -0.1) is 0 Å². The smallest absolute Gasteiger partial charge is 0.323 e. The summed E-state index contributed by atoms with van der Waals surface area (Å²) >= 11 is 0. The topological polar surface area (TPSA) is 131 Å². The molecule has 1 heterocycles. The van der Waals surface area contributed by atoms with Crippen molar-refractivity contribution in [1.82, 2.24) is 9.97 Å². The minimum Gasteiger partial charge on any atom is -0.481 e. The van der Waals surface area contributed by atoms with Crippen LogP contribution in [0.1, 0.15) is 51.4 Å². The zero-order valence-electron chi connectivity index (χ0n) is 19.4. The number of nitrogens with zero attached hydrogens (tertiary/aromatic N) is 4. The summed E-state index contributed by atoms with van der Waals surface area (Å²) in [6.45, 7) is 10.2. The lowest BCUT2D eigenvalue weighted by molar-refractivity contribution is -0.138. The number of rotatable bonds is 9. The van der Waals surface area contributed by atoms with Crippen LogP contribution in [0.3, 0.4) is 0 Å². The van der Waals surface area contributed by atoms with Crippen LogP contribution in [-0.2, 0) is 4.79 Å². The van der Waals surface area contributed by atoms with Crippen molar-refractivity contribution in [1.29, 1.82) is 5.26 Å². The van der Waals surface area contributed by atoms with Gasteiger partial charge in [0.2, 0.25) is 5.82 Å². The lowest BCUT2D eigenvalue weighted by Crippen LogP contribution is -2.32. The summed E-state index contributed by atoms with van der Waals surface area (Å²) in [5.41, 5.74) is 2.77. The van der Waals surface area contributed by atoms with E-state index >= 15 is 0 Å². The number of nitrogens with one attached hydrogen (secondary N) is 2. The molecule has 9 nitrogen and oxygen atoms in total. The second-order valence-corrected chi connectivity index (χ2v) is 9.24. The van der Waals surface area contributed by atoms with Crippen LogP contribution in [0, 0.1) is 29.1 Å². The van der Waals surface area contributed by atoms with Crippen molar-refractivity contribution in [2.24, 2.45) is 17.8 Å². The minimum absolute atomic E-state index is 0.0198. The van der Waals surface area contributed by atoms with Gasteiger partial charge in [0.25, 0.3) is 0 Å². The van der Waals surface area contributed by atoms with Crippen LogP contribution in [0.25, 0.3) is 0 Å². The Morgan fingerprint density at radius 3 is 2.30 bits per heavy atom. The summed E-state index contributed by atoms with van der Waals surface area (Å²) in [6, 6.07) is 7.18. The van der Waals surface area contributed by atoms with Crippen molar-refractivity contribution in [2.75, 3.05) is 28.6 Å². The number of benzene rings is 1. The number of amides is 2. The molecule has 0 aliphatic heterocycles. The van der Waals surface area contributed by atoms with E-state index < -0.39 is 12.0 Å². The standard InChI is InChI=1S/C24H30N6O3/c1-14(2)12-30(13-15(3)4)21-6-5-16(18-8-19(18)23(31)32)7-20(21)29-24(33)28-17-10-26-22(9-25)27-11-17/h5-7,10-11,14-15,18-19H,8,12-13H2,1-4H3,(H,31,32)(H2,28,29,33). The number of hydrogen-bond acceptors (Lipinski definition) is 6. The van der Waals surface area contributed by atoms with Crippen molar-refractivity contribution in [3.63, 3.8) is 0 Å². The number of anilines is 3. The normalized spacial score (nSPS) is 16.9. The van der Waals surface area contributed by atoms with Crippen LogP contribution in [0.15, 0.2) is 30.6 Å². The fourth-order valence-electron chi connectivity index (χ4n) is 3.88. The number of carboxylic acids is 1. The van der Waals surface area contributed by atoms with Gasteiger partial charge >= 0.3 is 12.0 Å². The predicted molar refractivity (Wildman–Crippen MR) is 126 cm³/mol. The van der Waals surface area contributed by atoms with Crippen LogP contribution in [0.5, 0.6) is 0 Å². The van der Waals surface area contributed by atoms with E-state index in [4.69, 9.17) is 5.26 Å². The van der Waals surface area contributed by atoms with E-state index in [9.17, 15) is 14.7 Å². The van der Waals surface area contributed by atoms with Crippen molar-refractivity contribution < 1.29 is 14.7 Å². The average Bonchev–Trinajstić information content (AvgIpc) is 3.54. The quantitative estimate of drug-likeness (QED) is 0.519. The Morgan fingerprint density at radius 1 is 1.15 bits per heavy atom. The van der Waals surface area contributed by atoms with Crippen molar-refractivity contribution in [3.8, 4) is 6.07 Å². The number of urea groups is 1. The SMILES string of the molecule is CC(C)CN(CC(C)C)c1ccc(C2CC2C(=O)O)cc1NC(=O)Nc1cnc(C#N)nc1. The first-order valence-electron chi connectivity index (χ1n) is 11.1. The Kier molecular flexibility index (Phi) is 7.48. The molecule has 2 amide bonds. The maximum atomic E-state index is 12.8. The largest absolute Gasteiger partial charge is 0.481 e. The molecule has 1 fully saturated rings. The van der Waals surface area contributed by atoms with Crippen LogP contribution >= 0.6 is 0 Å².